The second-order valence-corrected chi connectivity index (χ2v) is 3.51. The molecule has 4 nitrogen and oxygen atoms in total. The second kappa shape index (κ2) is 6.24. The number of aliphatic hydroxyl groups excluding tert-OH is 1. The maximum Gasteiger partial charge on any atom is 0.123 e. The molecule has 0 fully saturated rings. The van der Waals surface area contributed by atoms with Crippen LogP contribution in [-0.4, -0.2) is 29.8 Å². The fourth-order valence-corrected chi connectivity index (χ4v) is 1.42. The van der Waals surface area contributed by atoms with Crippen LogP contribution in [0.2, 0.25) is 0 Å². The fraction of sp³-hybridized carbons (Fsp3) is 0.545. The highest BCUT2D eigenvalue weighted by molar-refractivity contribution is 5.47. The van der Waals surface area contributed by atoms with Gasteiger partial charge >= 0.3 is 0 Å². The van der Waals surface area contributed by atoms with E-state index >= 15 is 0 Å². The Morgan fingerprint density at radius 1 is 1.40 bits per heavy atom. The molecule has 3 N–H and O–H groups in total. The molecule has 0 aromatic carbocycles. The first-order valence-electron chi connectivity index (χ1n) is 5.35. The number of nitrogens with two attached hydrogens (primary N) is 1. The molecule has 0 spiro atoms. The molecule has 0 aliphatic rings. The summed E-state index contributed by atoms with van der Waals surface area (Å²) in [4.78, 5) is 6.17. The highest BCUT2D eigenvalue weighted by Crippen LogP contribution is 2.14. The monoisotopic (exact) mass is 209 g/mol. The van der Waals surface area contributed by atoms with E-state index in [4.69, 9.17) is 10.8 Å². The molecule has 0 amide bonds. The first kappa shape index (κ1) is 11.8. The van der Waals surface area contributed by atoms with Gasteiger partial charge in [-0.25, -0.2) is 4.98 Å². The van der Waals surface area contributed by atoms with Gasteiger partial charge in [-0.15, -0.1) is 0 Å². The van der Waals surface area contributed by atoms with Gasteiger partial charge in [0.2, 0.25) is 0 Å². The minimum Gasteiger partial charge on any atom is -0.395 e. The summed E-state index contributed by atoms with van der Waals surface area (Å²) in [5.41, 5.74) is 6.54. The second-order valence-electron chi connectivity index (χ2n) is 3.51. The Labute approximate surface area is 90.7 Å². The van der Waals surface area contributed by atoms with Gasteiger partial charge in [0.15, 0.2) is 0 Å². The van der Waals surface area contributed by atoms with Crippen molar-refractivity contribution in [3.8, 4) is 0 Å². The molecule has 0 radical (unpaired) electrons. The van der Waals surface area contributed by atoms with Crippen molar-refractivity contribution in [1.82, 2.24) is 4.98 Å². The van der Waals surface area contributed by atoms with Gasteiger partial charge in [0.05, 0.1) is 18.5 Å². The summed E-state index contributed by atoms with van der Waals surface area (Å²) in [6.07, 6.45) is 4.01. The van der Waals surface area contributed by atoms with Crippen LogP contribution in [0.25, 0.3) is 0 Å². The number of aliphatic hydroxyl groups is 1. The molecule has 0 unspecified atom stereocenters. The van der Waals surface area contributed by atoms with Crippen molar-refractivity contribution in [3.63, 3.8) is 0 Å². The number of hydrogen-bond donors (Lipinski definition) is 2. The van der Waals surface area contributed by atoms with Crippen molar-refractivity contribution < 1.29 is 5.11 Å². The van der Waals surface area contributed by atoms with E-state index in [2.05, 4.69) is 16.8 Å². The largest absolute Gasteiger partial charge is 0.395 e. The number of rotatable bonds is 6. The van der Waals surface area contributed by atoms with Crippen LogP contribution < -0.4 is 10.6 Å². The maximum absolute atomic E-state index is 8.97. The molecule has 0 bridgehead atoms. The quantitative estimate of drug-likeness (QED) is 0.740. The molecule has 1 aromatic heterocycles. The lowest BCUT2D eigenvalue weighted by molar-refractivity contribution is 0.301. The SMILES string of the molecule is CCCCN(CCO)c1ccc(N)nc1. The molecule has 1 heterocycles. The molecule has 0 atom stereocenters. The van der Waals surface area contributed by atoms with Crippen molar-refractivity contribution in [2.45, 2.75) is 19.8 Å². The van der Waals surface area contributed by atoms with Crippen LogP contribution in [0, 0.1) is 0 Å². The zero-order valence-corrected chi connectivity index (χ0v) is 9.19. The highest BCUT2D eigenvalue weighted by atomic mass is 16.3. The molecular formula is C11H19N3O. The molecule has 4 heteroatoms. The third-order valence-electron chi connectivity index (χ3n) is 2.29. The van der Waals surface area contributed by atoms with Crippen LogP contribution in [-0.2, 0) is 0 Å². The zero-order valence-electron chi connectivity index (χ0n) is 9.19. The summed E-state index contributed by atoms with van der Waals surface area (Å²) < 4.78 is 0. The summed E-state index contributed by atoms with van der Waals surface area (Å²) in [6.45, 7) is 3.90. The highest BCUT2D eigenvalue weighted by Gasteiger charge is 2.04. The van der Waals surface area contributed by atoms with Crippen molar-refractivity contribution in [3.05, 3.63) is 18.3 Å². The number of pyridine rings is 1. The van der Waals surface area contributed by atoms with Gasteiger partial charge in [0, 0.05) is 13.1 Å². The first-order valence-corrected chi connectivity index (χ1v) is 5.35. The lowest BCUT2D eigenvalue weighted by Gasteiger charge is -2.23. The predicted octanol–water partition coefficient (Wildman–Crippen LogP) is 1.26. The van der Waals surface area contributed by atoms with Gasteiger partial charge in [-0.3, -0.25) is 0 Å². The van der Waals surface area contributed by atoms with Crippen LogP contribution in [0.1, 0.15) is 19.8 Å². The van der Waals surface area contributed by atoms with E-state index in [9.17, 15) is 0 Å². The molecule has 0 saturated heterocycles. The normalized spacial score (nSPS) is 10.3. The summed E-state index contributed by atoms with van der Waals surface area (Å²) in [6, 6.07) is 3.72. The Bertz CT molecular complexity index is 274. The molecule has 0 aliphatic heterocycles. The lowest BCUT2D eigenvalue weighted by atomic mass is 10.3. The Hall–Kier alpha value is -1.29. The molecule has 1 aromatic rings. The molecular weight excluding hydrogens is 190 g/mol. The minimum atomic E-state index is 0.161. The Morgan fingerprint density at radius 2 is 2.20 bits per heavy atom. The Morgan fingerprint density at radius 3 is 2.73 bits per heavy atom. The molecule has 1 rings (SSSR count). The third-order valence-corrected chi connectivity index (χ3v) is 2.29. The zero-order chi connectivity index (χ0) is 11.1. The summed E-state index contributed by atoms with van der Waals surface area (Å²) in [7, 11) is 0. The van der Waals surface area contributed by atoms with Crippen LogP contribution in [0.4, 0.5) is 11.5 Å². The molecule has 15 heavy (non-hydrogen) atoms. The number of hydrogen-bond acceptors (Lipinski definition) is 4. The number of nitrogens with zero attached hydrogens (tertiary/aromatic N) is 2. The fourth-order valence-electron chi connectivity index (χ4n) is 1.42. The van der Waals surface area contributed by atoms with Crippen molar-refractivity contribution in [2.75, 3.05) is 30.3 Å². The van der Waals surface area contributed by atoms with E-state index in [-0.39, 0.29) is 6.61 Å². The van der Waals surface area contributed by atoms with Crippen molar-refractivity contribution >= 4 is 11.5 Å². The lowest BCUT2D eigenvalue weighted by Crippen LogP contribution is -2.27. The maximum atomic E-state index is 8.97. The van der Waals surface area contributed by atoms with Gasteiger partial charge < -0.3 is 15.7 Å². The van der Waals surface area contributed by atoms with E-state index in [0.29, 0.717) is 12.4 Å². The van der Waals surface area contributed by atoms with Crippen LogP contribution in [0.15, 0.2) is 18.3 Å². The summed E-state index contributed by atoms with van der Waals surface area (Å²) in [5.74, 6) is 0.526. The molecule has 0 aliphatic carbocycles. The standard InChI is InChI=1S/C11H19N3O/c1-2-3-6-14(7-8-15)10-4-5-11(12)13-9-10/h4-5,9,15H,2-3,6-8H2,1H3,(H2,12,13). The van der Waals surface area contributed by atoms with Gasteiger partial charge in [0.25, 0.3) is 0 Å². The Balaban J connectivity index is 2.65. The van der Waals surface area contributed by atoms with Gasteiger partial charge in [0.1, 0.15) is 5.82 Å². The third kappa shape index (κ3) is 3.75. The van der Waals surface area contributed by atoms with Crippen LogP contribution in [0.3, 0.4) is 0 Å². The smallest absolute Gasteiger partial charge is 0.123 e. The predicted molar refractivity (Wildman–Crippen MR) is 62.9 cm³/mol. The van der Waals surface area contributed by atoms with E-state index in [0.717, 1.165) is 25.1 Å². The number of nitrogen functional groups attached to an aromatic ring is 1. The van der Waals surface area contributed by atoms with Gasteiger partial charge in [-0.2, -0.15) is 0 Å². The van der Waals surface area contributed by atoms with E-state index in [1.54, 1.807) is 12.3 Å². The topological polar surface area (TPSA) is 62.4 Å². The first-order chi connectivity index (χ1) is 7.27. The van der Waals surface area contributed by atoms with E-state index in [1.807, 2.05) is 6.07 Å². The van der Waals surface area contributed by atoms with Crippen molar-refractivity contribution in [2.24, 2.45) is 0 Å². The van der Waals surface area contributed by atoms with Gasteiger partial charge in [-0.1, -0.05) is 13.3 Å². The average molecular weight is 209 g/mol. The van der Waals surface area contributed by atoms with Crippen molar-refractivity contribution in [1.29, 1.82) is 0 Å². The van der Waals surface area contributed by atoms with E-state index in [1.165, 1.54) is 0 Å². The van der Waals surface area contributed by atoms with Crippen LogP contribution >= 0.6 is 0 Å². The van der Waals surface area contributed by atoms with Crippen LogP contribution in [0.5, 0.6) is 0 Å². The average Bonchev–Trinajstić information content (AvgIpc) is 2.25. The number of anilines is 2. The van der Waals surface area contributed by atoms with E-state index < -0.39 is 0 Å². The molecule has 0 saturated carbocycles. The summed E-state index contributed by atoms with van der Waals surface area (Å²) >= 11 is 0. The Kier molecular flexibility index (Phi) is 4.90. The number of aromatic nitrogens is 1. The summed E-state index contributed by atoms with van der Waals surface area (Å²) in [5, 5.41) is 8.97. The minimum absolute atomic E-state index is 0.161. The number of unbranched alkanes of at least 4 members (excludes halogenated alkanes) is 1. The van der Waals surface area contributed by atoms with Gasteiger partial charge in [-0.05, 0) is 18.6 Å². The molecule has 84 valence electrons.